The van der Waals surface area contributed by atoms with Gasteiger partial charge in [-0.1, -0.05) is 0 Å². The standard InChI is InChI=1S/C14H24N2O3/c1-10-8-16(6-7-19-10)9-14(13(17)18,11-2-3-11)15-12-4-5-12/h10-12,15H,2-9H2,1H3,(H,17,18). The Morgan fingerprint density at radius 2 is 2.16 bits per heavy atom. The number of carboxylic acids is 1. The van der Waals surface area contributed by atoms with E-state index in [1.165, 1.54) is 0 Å². The number of aliphatic carboxylic acids is 1. The van der Waals surface area contributed by atoms with Crippen LogP contribution in [0, 0.1) is 5.92 Å². The molecule has 0 amide bonds. The van der Waals surface area contributed by atoms with Gasteiger partial charge in [-0.05, 0) is 38.5 Å². The Hall–Kier alpha value is -0.650. The van der Waals surface area contributed by atoms with Gasteiger partial charge in [0.1, 0.15) is 5.54 Å². The van der Waals surface area contributed by atoms with Crippen LogP contribution >= 0.6 is 0 Å². The lowest BCUT2D eigenvalue weighted by molar-refractivity contribution is -0.148. The number of hydrogen-bond donors (Lipinski definition) is 2. The molecule has 2 N–H and O–H groups in total. The van der Waals surface area contributed by atoms with Crippen molar-refractivity contribution in [3.8, 4) is 0 Å². The van der Waals surface area contributed by atoms with Crippen molar-refractivity contribution in [2.45, 2.75) is 50.3 Å². The van der Waals surface area contributed by atoms with Crippen LogP contribution < -0.4 is 5.32 Å². The van der Waals surface area contributed by atoms with Gasteiger partial charge in [-0.15, -0.1) is 0 Å². The number of morpholine rings is 1. The molecule has 108 valence electrons. The zero-order valence-electron chi connectivity index (χ0n) is 11.6. The maximum atomic E-state index is 11.9. The zero-order valence-corrected chi connectivity index (χ0v) is 11.6. The van der Waals surface area contributed by atoms with Gasteiger partial charge in [0.2, 0.25) is 0 Å². The quantitative estimate of drug-likeness (QED) is 0.742. The Balaban J connectivity index is 1.71. The lowest BCUT2D eigenvalue weighted by Crippen LogP contribution is -2.63. The fourth-order valence-electron chi connectivity index (χ4n) is 3.15. The minimum absolute atomic E-state index is 0.209. The van der Waals surface area contributed by atoms with Crippen LogP contribution in [0.5, 0.6) is 0 Å². The highest BCUT2D eigenvalue weighted by Gasteiger charge is 2.54. The van der Waals surface area contributed by atoms with E-state index >= 15 is 0 Å². The van der Waals surface area contributed by atoms with E-state index < -0.39 is 11.5 Å². The van der Waals surface area contributed by atoms with E-state index in [-0.39, 0.29) is 6.10 Å². The van der Waals surface area contributed by atoms with Crippen molar-refractivity contribution in [1.82, 2.24) is 10.2 Å². The molecule has 0 aromatic carbocycles. The summed E-state index contributed by atoms with van der Waals surface area (Å²) >= 11 is 0. The van der Waals surface area contributed by atoms with Gasteiger partial charge in [0.05, 0.1) is 12.7 Å². The molecular formula is C14H24N2O3. The minimum Gasteiger partial charge on any atom is -0.480 e. The number of rotatable bonds is 6. The molecule has 5 heteroatoms. The third-order valence-corrected chi connectivity index (χ3v) is 4.49. The molecule has 2 atom stereocenters. The Morgan fingerprint density at radius 1 is 1.42 bits per heavy atom. The van der Waals surface area contributed by atoms with Crippen LogP contribution in [0.3, 0.4) is 0 Å². The Bertz CT molecular complexity index is 355. The summed E-state index contributed by atoms with van der Waals surface area (Å²) in [5, 5.41) is 13.2. The molecule has 2 unspecified atom stereocenters. The highest BCUT2D eigenvalue weighted by Crippen LogP contribution is 2.42. The highest BCUT2D eigenvalue weighted by molar-refractivity contribution is 5.80. The molecule has 1 aliphatic heterocycles. The van der Waals surface area contributed by atoms with Gasteiger partial charge >= 0.3 is 5.97 Å². The Kier molecular flexibility index (Phi) is 3.53. The first kappa shape index (κ1) is 13.3. The molecule has 1 heterocycles. The number of carboxylic acid groups (broad SMARTS) is 1. The summed E-state index contributed by atoms with van der Waals surface area (Å²) in [5.41, 5.74) is -0.724. The van der Waals surface area contributed by atoms with E-state index in [4.69, 9.17) is 4.74 Å². The first-order valence-electron chi connectivity index (χ1n) is 7.45. The first-order chi connectivity index (χ1) is 9.10. The molecule has 2 saturated carbocycles. The summed E-state index contributed by atoms with van der Waals surface area (Å²) in [6.07, 6.45) is 4.56. The molecule has 0 bridgehead atoms. The third kappa shape index (κ3) is 2.93. The molecule has 2 aliphatic carbocycles. The van der Waals surface area contributed by atoms with Crippen LogP contribution in [0.2, 0.25) is 0 Å². The lowest BCUT2D eigenvalue weighted by Gasteiger charge is -2.39. The molecule has 1 saturated heterocycles. The van der Waals surface area contributed by atoms with E-state index in [9.17, 15) is 9.90 Å². The maximum Gasteiger partial charge on any atom is 0.325 e. The fraction of sp³-hybridized carbons (Fsp3) is 0.929. The van der Waals surface area contributed by atoms with Crippen LogP contribution in [-0.4, -0.2) is 59.9 Å². The summed E-state index contributed by atoms with van der Waals surface area (Å²) < 4.78 is 5.54. The van der Waals surface area contributed by atoms with E-state index in [0.717, 1.165) is 38.8 Å². The van der Waals surface area contributed by atoms with Crippen LogP contribution in [0.4, 0.5) is 0 Å². The van der Waals surface area contributed by atoms with Gasteiger partial charge in [0.25, 0.3) is 0 Å². The molecule has 0 aromatic heterocycles. The van der Waals surface area contributed by atoms with Gasteiger partial charge in [0, 0.05) is 25.7 Å². The predicted molar refractivity (Wildman–Crippen MR) is 71.1 cm³/mol. The fourth-order valence-corrected chi connectivity index (χ4v) is 3.15. The molecule has 0 spiro atoms. The second-order valence-electron chi connectivity index (χ2n) is 6.39. The van der Waals surface area contributed by atoms with E-state index in [2.05, 4.69) is 17.1 Å². The number of hydrogen-bond acceptors (Lipinski definition) is 4. The van der Waals surface area contributed by atoms with E-state index in [1.807, 2.05) is 0 Å². The average Bonchev–Trinajstić information content (AvgIpc) is 3.22. The number of carbonyl (C=O) groups is 1. The normalized spacial score (nSPS) is 31.9. The van der Waals surface area contributed by atoms with Crippen molar-refractivity contribution >= 4 is 5.97 Å². The van der Waals surface area contributed by atoms with Crippen molar-refractivity contribution in [2.24, 2.45) is 5.92 Å². The predicted octanol–water partition coefficient (Wildman–Crippen LogP) is 0.693. The average molecular weight is 268 g/mol. The van der Waals surface area contributed by atoms with Crippen molar-refractivity contribution in [3.63, 3.8) is 0 Å². The third-order valence-electron chi connectivity index (χ3n) is 4.49. The Morgan fingerprint density at radius 3 is 2.68 bits per heavy atom. The van der Waals surface area contributed by atoms with E-state index in [0.29, 0.717) is 25.1 Å². The van der Waals surface area contributed by atoms with Crippen molar-refractivity contribution < 1.29 is 14.6 Å². The SMILES string of the molecule is CC1CN(CC(NC2CC2)(C(=O)O)C2CC2)CCO1. The second-order valence-corrected chi connectivity index (χ2v) is 6.39. The van der Waals surface area contributed by atoms with Crippen molar-refractivity contribution in [2.75, 3.05) is 26.2 Å². The molecule has 0 radical (unpaired) electrons. The lowest BCUT2D eigenvalue weighted by atomic mass is 9.91. The van der Waals surface area contributed by atoms with Crippen molar-refractivity contribution in [3.05, 3.63) is 0 Å². The highest BCUT2D eigenvalue weighted by atomic mass is 16.5. The maximum absolute atomic E-state index is 11.9. The smallest absolute Gasteiger partial charge is 0.325 e. The summed E-state index contributed by atoms with van der Waals surface area (Å²) in [6.45, 7) is 5.08. The summed E-state index contributed by atoms with van der Waals surface area (Å²) in [4.78, 5) is 14.2. The second kappa shape index (κ2) is 5.04. The molecule has 3 aliphatic rings. The first-order valence-corrected chi connectivity index (χ1v) is 7.45. The monoisotopic (exact) mass is 268 g/mol. The zero-order chi connectivity index (χ0) is 13.5. The van der Waals surface area contributed by atoms with Gasteiger partial charge in [-0.25, -0.2) is 0 Å². The van der Waals surface area contributed by atoms with Crippen LogP contribution in [0.1, 0.15) is 32.6 Å². The molecule has 3 rings (SSSR count). The molecule has 3 fully saturated rings. The number of nitrogens with zero attached hydrogens (tertiary/aromatic N) is 1. The summed E-state index contributed by atoms with van der Waals surface area (Å²) in [5.74, 6) is -0.357. The van der Waals surface area contributed by atoms with Gasteiger partial charge in [0.15, 0.2) is 0 Å². The molecule has 5 nitrogen and oxygen atoms in total. The number of ether oxygens (including phenoxy) is 1. The molecule has 0 aromatic rings. The largest absolute Gasteiger partial charge is 0.480 e. The topological polar surface area (TPSA) is 61.8 Å². The van der Waals surface area contributed by atoms with Crippen LogP contribution in [-0.2, 0) is 9.53 Å². The summed E-state index contributed by atoms with van der Waals surface area (Å²) in [6, 6.07) is 0.426. The summed E-state index contributed by atoms with van der Waals surface area (Å²) in [7, 11) is 0. The Labute approximate surface area is 114 Å². The van der Waals surface area contributed by atoms with Crippen LogP contribution in [0.15, 0.2) is 0 Å². The van der Waals surface area contributed by atoms with E-state index in [1.54, 1.807) is 0 Å². The van der Waals surface area contributed by atoms with Crippen molar-refractivity contribution in [1.29, 1.82) is 0 Å². The van der Waals surface area contributed by atoms with Gasteiger partial charge < -0.3 is 9.84 Å². The number of nitrogens with one attached hydrogen (secondary N) is 1. The molecule has 19 heavy (non-hydrogen) atoms. The van der Waals surface area contributed by atoms with Gasteiger partial charge in [-0.3, -0.25) is 15.0 Å². The van der Waals surface area contributed by atoms with Gasteiger partial charge in [-0.2, -0.15) is 0 Å². The molecular weight excluding hydrogens is 244 g/mol. The minimum atomic E-state index is -0.724. The van der Waals surface area contributed by atoms with Crippen LogP contribution in [0.25, 0.3) is 0 Å².